The van der Waals surface area contributed by atoms with Gasteiger partial charge in [0, 0.05) is 6.20 Å². The van der Waals surface area contributed by atoms with Gasteiger partial charge in [-0.2, -0.15) is 0 Å². The summed E-state index contributed by atoms with van der Waals surface area (Å²) < 4.78 is 26.6. The number of hydrogen-bond acceptors (Lipinski definition) is 2. The van der Waals surface area contributed by atoms with E-state index in [1.54, 1.807) is 13.0 Å². The van der Waals surface area contributed by atoms with Crippen LogP contribution in [0.1, 0.15) is 22.9 Å². The van der Waals surface area contributed by atoms with Gasteiger partial charge in [-0.1, -0.05) is 6.07 Å². The number of nitrogens with zero attached hydrogens (tertiary/aromatic N) is 1. The second-order valence-corrected chi connectivity index (χ2v) is 3.83. The first-order chi connectivity index (χ1) is 8.08. The highest BCUT2D eigenvalue weighted by molar-refractivity contribution is 5.30. The standard InChI is InChI=1S/C13H11F2NO/c1-8-5-9(7-10(14)6-8)13(17)12-11(15)3-2-4-16-12/h2-7,13,17H,1H3. The third-order valence-electron chi connectivity index (χ3n) is 2.43. The van der Waals surface area contributed by atoms with Crippen LogP contribution in [0.15, 0.2) is 36.5 Å². The molecule has 2 rings (SSSR count). The number of aryl methyl sites for hydroxylation is 1. The molecule has 4 heteroatoms. The minimum absolute atomic E-state index is 0.0995. The van der Waals surface area contributed by atoms with E-state index >= 15 is 0 Å². The van der Waals surface area contributed by atoms with Gasteiger partial charge in [0.05, 0.1) is 0 Å². The Labute approximate surface area is 97.6 Å². The molecule has 0 radical (unpaired) electrons. The van der Waals surface area contributed by atoms with E-state index in [2.05, 4.69) is 4.98 Å². The van der Waals surface area contributed by atoms with Crippen molar-refractivity contribution in [1.82, 2.24) is 4.98 Å². The van der Waals surface area contributed by atoms with Crippen LogP contribution < -0.4 is 0 Å². The summed E-state index contributed by atoms with van der Waals surface area (Å²) >= 11 is 0. The molecule has 1 N–H and O–H groups in total. The van der Waals surface area contributed by atoms with Crippen molar-refractivity contribution in [2.45, 2.75) is 13.0 Å². The van der Waals surface area contributed by atoms with Gasteiger partial charge >= 0.3 is 0 Å². The molecule has 2 aromatic rings. The Hall–Kier alpha value is -1.81. The zero-order chi connectivity index (χ0) is 12.4. The van der Waals surface area contributed by atoms with Crippen LogP contribution in [0, 0.1) is 18.6 Å². The van der Waals surface area contributed by atoms with Crippen molar-refractivity contribution >= 4 is 0 Å². The molecule has 0 aliphatic carbocycles. The first kappa shape index (κ1) is 11.7. The molecule has 0 amide bonds. The van der Waals surface area contributed by atoms with Crippen LogP contribution in [-0.4, -0.2) is 10.1 Å². The highest BCUT2D eigenvalue weighted by Gasteiger charge is 2.17. The monoisotopic (exact) mass is 235 g/mol. The minimum atomic E-state index is -1.26. The highest BCUT2D eigenvalue weighted by Crippen LogP contribution is 2.23. The summed E-state index contributed by atoms with van der Waals surface area (Å²) in [6.45, 7) is 1.70. The lowest BCUT2D eigenvalue weighted by molar-refractivity contribution is 0.209. The summed E-state index contributed by atoms with van der Waals surface area (Å²) in [7, 11) is 0. The largest absolute Gasteiger partial charge is 0.382 e. The summed E-state index contributed by atoms with van der Waals surface area (Å²) in [4.78, 5) is 3.77. The average molecular weight is 235 g/mol. The Morgan fingerprint density at radius 2 is 2.00 bits per heavy atom. The smallest absolute Gasteiger partial charge is 0.147 e. The summed E-state index contributed by atoms with van der Waals surface area (Å²) in [5.41, 5.74) is 0.855. The maximum Gasteiger partial charge on any atom is 0.147 e. The molecule has 1 heterocycles. The van der Waals surface area contributed by atoms with Crippen LogP contribution in [0.25, 0.3) is 0 Å². The number of aliphatic hydroxyl groups excluding tert-OH is 1. The van der Waals surface area contributed by atoms with Crippen molar-refractivity contribution in [3.8, 4) is 0 Å². The van der Waals surface area contributed by atoms with Gasteiger partial charge < -0.3 is 5.11 Å². The fraction of sp³-hybridized carbons (Fsp3) is 0.154. The molecule has 2 nitrogen and oxygen atoms in total. The number of hydrogen-bond donors (Lipinski definition) is 1. The number of halogens is 2. The van der Waals surface area contributed by atoms with Crippen molar-refractivity contribution in [3.63, 3.8) is 0 Å². The maximum atomic E-state index is 13.4. The number of benzene rings is 1. The van der Waals surface area contributed by atoms with Crippen LogP contribution in [0.3, 0.4) is 0 Å². The molecule has 0 fully saturated rings. The van der Waals surface area contributed by atoms with Crippen LogP contribution in [0.5, 0.6) is 0 Å². The predicted molar refractivity (Wildman–Crippen MR) is 59.4 cm³/mol. The van der Waals surface area contributed by atoms with Crippen LogP contribution >= 0.6 is 0 Å². The Balaban J connectivity index is 2.43. The Bertz CT molecular complexity index is 522. The van der Waals surface area contributed by atoms with Gasteiger partial charge in [0.2, 0.25) is 0 Å². The molecular weight excluding hydrogens is 224 g/mol. The maximum absolute atomic E-state index is 13.4. The number of pyridine rings is 1. The van der Waals surface area contributed by atoms with Gasteiger partial charge in [0.25, 0.3) is 0 Å². The number of rotatable bonds is 2. The van der Waals surface area contributed by atoms with Gasteiger partial charge in [-0.15, -0.1) is 0 Å². The van der Waals surface area contributed by atoms with E-state index in [4.69, 9.17) is 0 Å². The second kappa shape index (κ2) is 4.59. The molecule has 0 spiro atoms. The first-order valence-corrected chi connectivity index (χ1v) is 5.13. The van der Waals surface area contributed by atoms with Gasteiger partial charge in [0.1, 0.15) is 23.4 Å². The molecule has 0 aliphatic rings. The van der Waals surface area contributed by atoms with E-state index in [1.165, 1.54) is 30.5 Å². The average Bonchev–Trinajstić information content (AvgIpc) is 2.27. The zero-order valence-corrected chi connectivity index (χ0v) is 9.19. The second-order valence-electron chi connectivity index (χ2n) is 3.83. The summed E-state index contributed by atoms with van der Waals surface area (Å²) in [5.74, 6) is -1.07. The Morgan fingerprint density at radius 1 is 1.24 bits per heavy atom. The summed E-state index contributed by atoms with van der Waals surface area (Å²) in [6, 6.07) is 6.75. The molecule has 1 unspecified atom stereocenters. The van der Waals surface area contributed by atoms with Crippen molar-refractivity contribution in [2.24, 2.45) is 0 Å². The Morgan fingerprint density at radius 3 is 2.65 bits per heavy atom. The Kier molecular flexibility index (Phi) is 3.15. The minimum Gasteiger partial charge on any atom is -0.382 e. The quantitative estimate of drug-likeness (QED) is 0.868. The molecule has 0 aliphatic heterocycles. The van der Waals surface area contributed by atoms with Crippen molar-refractivity contribution < 1.29 is 13.9 Å². The lowest BCUT2D eigenvalue weighted by atomic mass is 10.0. The lowest BCUT2D eigenvalue weighted by Crippen LogP contribution is -2.05. The van der Waals surface area contributed by atoms with E-state index < -0.39 is 17.7 Å². The van der Waals surface area contributed by atoms with Gasteiger partial charge in [-0.3, -0.25) is 4.98 Å². The predicted octanol–water partition coefficient (Wildman–Crippen LogP) is 2.75. The van der Waals surface area contributed by atoms with Gasteiger partial charge in [-0.05, 0) is 42.3 Å². The first-order valence-electron chi connectivity index (χ1n) is 5.13. The molecule has 0 bridgehead atoms. The molecule has 1 aromatic carbocycles. The van der Waals surface area contributed by atoms with E-state index in [-0.39, 0.29) is 5.69 Å². The molecule has 1 aromatic heterocycles. The van der Waals surface area contributed by atoms with E-state index in [1.807, 2.05) is 0 Å². The SMILES string of the molecule is Cc1cc(F)cc(C(O)c2ncccc2F)c1. The molecule has 0 saturated heterocycles. The third kappa shape index (κ3) is 2.47. The van der Waals surface area contributed by atoms with Gasteiger partial charge in [0.15, 0.2) is 0 Å². The summed E-state index contributed by atoms with van der Waals surface area (Å²) in [6.07, 6.45) is 0.124. The summed E-state index contributed by atoms with van der Waals surface area (Å²) in [5, 5.41) is 9.95. The molecule has 1 atom stereocenters. The van der Waals surface area contributed by atoms with Crippen LogP contribution in [0.4, 0.5) is 8.78 Å². The normalized spacial score (nSPS) is 12.5. The molecular formula is C13H11F2NO. The molecule has 17 heavy (non-hydrogen) atoms. The zero-order valence-electron chi connectivity index (χ0n) is 9.19. The van der Waals surface area contributed by atoms with E-state index in [9.17, 15) is 13.9 Å². The number of aromatic nitrogens is 1. The van der Waals surface area contributed by atoms with Crippen molar-refractivity contribution in [1.29, 1.82) is 0 Å². The van der Waals surface area contributed by atoms with E-state index in [0.29, 0.717) is 11.1 Å². The van der Waals surface area contributed by atoms with Crippen LogP contribution in [-0.2, 0) is 0 Å². The van der Waals surface area contributed by atoms with E-state index in [0.717, 1.165) is 0 Å². The van der Waals surface area contributed by atoms with Crippen molar-refractivity contribution in [3.05, 3.63) is 65.0 Å². The highest BCUT2D eigenvalue weighted by atomic mass is 19.1. The molecule has 88 valence electrons. The fourth-order valence-electron chi connectivity index (χ4n) is 1.68. The van der Waals surface area contributed by atoms with Crippen molar-refractivity contribution in [2.75, 3.05) is 0 Å². The topological polar surface area (TPSA) is 33.1 Å². The van der Waals surface area contributed by atoms with Gasteiger partial charge in [-0.25, -0.2) is 8.78 Å². The number of aliphatic hydroxyl groups is 1. The van der Waals surface area contributed by atoms with Crippen LogP contribution in [0.2, 0.25) is 0 Å². The third-order valence-corrected chi connectivity index (χ3v) is 2.43. The lowest BCUT2D eigenvalue weighted by Gasteiger charge is -2.12. The molecule has 0 saturated carbocycles. The fourth-order valence-corrected chi connectivity index (χ4v) is 1.68.